The first-order chi connectivity index (χ1) is 16.6. The zero-order chi connectivity index (χ0) is 23.8. The number of carbonyl (C=O) groups is 1. The number of hydrogen-bond acceptors (Lipinski definition) is 7. The molecule has 2 aromatic rings. The molecular weight excluding hydrogens is 430 g/mol. The van der Waals surface area contributed by atoms with Crippen molar-refractivity contribution in [2.45, 2.75) is 44.6 Å². The monoisotopic (exact) mass is 465 g/mol. The first-order valence-electron chi connectivity index (χ1n) is 12.3. The molecule has 2 aliphatic rings. The third-order valence-electron chi connectivity index (χ3n) is 6.15. The van der Waals surface area contributed by atoms with Crippen LogP contribution >= 0.6 is 0 Å². The maximum atomic E-state index is 11.8. The van der Waals surface area contributed by atoms with E-state index in [0.717, 1.165) is 68.8 Å². The van der Waals surface area contributed by atoms with Gasteiger partial charge in [0, 0.05) is 44.2 Å². The molecule has 4 rings (SSSR count). The SMILES string of the molecule is CNCC(O)COc1cccc(-c2nc(NCCCN3CCCC3=O)cc(C3=CCCC3)n2)c1. The Morgan fingerprint density at radius 1 is 1.21 bits per heavy atom. The van der Waals surface area contributed by atoms with Gasteiger partial charge in [0.15, 0.2) is 5.82 Å². The van der Waals surface area contributed by atoms with E-state index in [0.29, 0.717) is 24.5 Å². The fraction of sp³-hybridized carbons (Fsp3) is 0.500. The molecule has 182 valence electrons. The van der Waals surface area contributed by atoms with Crippen LogP contribution in [-0.4, -0.2) is 71.8 Å². The molecule has 8 nitrogen and oxygen atoms in total. The standard InChI is InChI=1S/C26H35N5O3/c1-27-17-21(32)18-34-22-10-4-9-20(15-22)26-29-23(19-7-2-3-8-19)16-24(30-26)28-12-6-14-31-13-5-11-25(31)33/h4,7,9-10,15-16,21,27,32H,2-3,5-6,8,11-14,17-18H2,1H3,(H,28,29,30). The molecule has 1 unspecified atom stereocenters. The number of aliphatic hydroxyl groups excluding tert-OH is 1. The van der Waals surface area contributed by atoms with Gasteiger partial charge in [0.05, 0.1) is 5.69 Å². The molecule has 1 atom stereocenters. The van der Waals surface area contributed by atoms with Crippen LogP contribution in [0.15, 0.2) is 36.4 Å². The quantitative estimate of drug-likeness (QED) is 0.414. The molecule has 34 heavy (non-hydrogen) atoms. The number of likely N-dealkylation sites (tertiary alicyclic amines) is 1. The van der Waals surface area contributed by atoms with Gasteiger partial charge in [-0.25, -0.2) is 9.97 Å². The average molecular weight is 466 g/mol. The predicted octanol–water partition coefficient (Wildman–Crippen LogP) is 3.09. The van der Waals surface area contributed by atoms with Crippen LogP contribution in [0.2, 0.25) is 0 Å². The van der Waals surface area contributed by atoms with Crippen LogP contribution in [0, 0.1) is 0 Å². The summed E-state index contributed by atoms with van der Waals surface area (Å²) in [7, 11) is 1.80. The smallest absolute Gasteiger partial charge is 0.222 e. The lowest BCUT2D eigenvalue weighted by molar-refractivity contribution is -0.127. The van der Waals surface area contributed by atoms with E-state index in [-0.39, 0.29) is 12.5 Å². The molecule has 3 N–H and O–H groups in total. The molecule has 1 saturated heterocycles. The van der Waals surface area contributed by atoms with Crippen molar-refractivity contribution in [2.75, 3.05) is 45.2 Å². The fourth-order valence-electron chi connectivity index (χ4n) is 4.37. The summed E-state index contributed by atoms with van der Waals surface area (Å²) in [5, 5.41) is 16.3. The Morgan fingerprint density at radius 2 is 2.12 bits per heavy atom. The Bertz CT molecular complexity index is 1010. The minimum Gasteiger partial charge on any atom is -0.491 e. The summed E-state index contributed by atoms with van der Waals surface area (Å²) in [4.78, 5) is 23.4. The van der Waals surface area contributed by atoms with Crippen molar-refractivity contribution in [1.29, 1.82) is 0 Å². The molecule has 1 aromatic heterocycles. The van der Waals surface area contributed by atoms with Gasteiger partial charge in [0.2, 0.25) is 5.91 Å². The van der Waals surface area contributed by atoms with Crippen molar-refractivity contribution < 1.29 is 14.6 Å². The Labute approximate surface area is 201 Å². The van der Waals surface area contributed by atoms with Crippen LogP contribution < -0.4 is 15.4 Å². The molecule has 2 heterocycles. The second kappa shape index (κ2) is 11.9. The molecule has 8 heteroatoms. The number of nitrogens with one attached hydrogen (secondary N) is 2. The van der Waals surface area contributed by atoms with E-state index in [1.54, 1.807) is 7.05 Å². The van der Waals surface area contributed by atoms with Gasteiger partial charge < -0.3 is 25.4 Å². The van der Waals surface area contributed by atoms with Gasteiger partial charge in [-0.2, -0.15) is 0 Å². The van der Waals surface area contributed by atoms with E-state index in [1.807, 2.05) is 35.2 Å². The normalized spacial score (nSPS) is 16.6. The van der Waals surface area contributed by atoms with Crippen molar-refractivity contribution in [1.82, 2.24) is 20.2 Å². The number of carbonyl (C=O) groups excluding carboxylic acids is 1. The van der Waals surface area contributed by atoms with Crippen LogP contribution in [0.5, 0.6) is 5.75 Å². The highest BCUT2D eigenvalue weighted by atomic mass is 16.5. The average Bonchev–Trinajstić information content (AvgIpc) is 3.53. The first-order valence-corrected chi connectivity index (χ1v) is 12.3. The summed E-state index contributed by atoms with van der Waals surface area (Å²) >= 11 is 0. The molecule has 0 saturated carbocycles. The molecule has 0 spiro atoms. The highest BCUT2D eigenvalue weighted by Crippen LogP contribution is 2.30. The summed E-state index contributed by atoms with van der Waals surface area (Å²) in [6.07, 6.45) is 7.47. The minimum atomic E-state index is -0.575. The van der Waals surface area contributed by atoms with Crippen molar-refractivity contribution in [3.63, 3.8) is 0 Å². The summed E-state index contributed by atoms with van der Waals surface area (Å²) < 4.78 is 5.77. The van der Waals surface area contributed by atoms with Crippen LogP contribution in [0.3, 0.4) is 0 Å². The lowest BCUT2D eigenvalue weighted by Crippen LogP contribution is -2.29. The third-order valence-corrected chi connectivity index (χ3v) is 6.15. The topological polar surface area (TPSA) is 99.6 Å². The Hall–Kier alpha value is -2.97. The number of likely N-dealkylation sites (N-methyl/N-ethyl adjacent to an activating group) is 1. The van der Waals surface area contributed by atoms with Gasteiger partial charge in [-0.1, -0.05) is 18.2 Å². The lowest BCUT2D eigenvalue weighted by atomic mass is 10.1. The number of hydrogen-bond donors (Lipinski definition) is 3. The zero-order valence-electron chi connectivity index (χ0n) is 19.9. The number of anilines is 1. The number of ether oxygens (including phenoxy) is 1. The van der Waals surface area contributed by atoms with Gasteiger partial charge in [-0.05, 0) is 56.9 Å². The van der Waals surface area contributed by atoms with E-state index in [1.165, 1.54) is 5.57 Å². The minimum absolute atomic E-state index is 0.213. The van der Waals surface area contributed by atoms with Crippen molar-refractivity contribution >= 4 is 17.3 Å². The molecule has 1 aromatic carbocycles. The Balaban J connectivity index is 1.47. The largest absolute Gasteiger partial charge is 0.491 e. The first kappa shape index (κ1) is 24.2. The van der Waals surface area contributed by atoms with E-state index in [9.17, 15) is 9.90 Å². The number of nitrogens with zero attached hydrogens (tertiary/aromatic N) is 3. The maximum absolute atomic E-state index is 11.8. The van der Waals surface area contributed by atoms with Gasteiger partial charge in [0.25, 0.3) is 0 Å². The summed E-state index contributed by atoms with van der Waals surface area (Å²) in [6, 6.07) is 9.70. The molecule has 1 amide bonds. The van der Waals surface area contributed by atoms with E-state index in [2.05, 4.69) is 16.7 Å². The van der Waals surface area contributed by atoms with E-state index in [4.69, 9.17) is 14.7 Å². The summed E-state index contributed by atoms with van der Waals surface area (Å²) in [6.45, 7) is 3.08. The highest BCUT2D eigenvalue weighted by molar-refractivity contribution is 5.78. The Morgan fingerprint density at radius 3 is 2.88 bits per heavy atom. The van der Waals surface area contributed by atoms with Crippen molar-refractivity contribution in [3.8, 4) is 17.1 Å². The second-order valence-electron chi connectivity index (χ2n) is 8.90. The molecule has 0 radical (unpaired) electrons. The van der Waals surface area contributed by atoms with Crippen molar-refractivity contribution in [3.05, 3.63) is 42.1 Å². The fourth-order valence-corrected chi connectivity index (χ4v) is 4.37. The molecule has 1 aliphatic heterocycles. The van der Waals surface area contributed by atoms with E-state index < -0.39 is 6.10 Å². The second-order valence-corrected chi connectivity index (χ2v) is 8.90. The number of aliphatic hydroxyl groups is 1. The number of allylic oxidation sites excluding steroid dienone is 2. The zero-order valence-corrected chi connectivity index (χ0v) is 19.9. The molecule has 1 aliphatic carbocycles. The number of rotatable bonds is 12. The maximum Gasteiger partial charge on any atom is 0.222 e. The Kier molecular flexibility index (Phi) is 8.49. The summed E-state index contributed by atoms with van der Waals surface area (Å²) in [5.41, 5.74) is 3.08. The molecule has 1 fully saturated rings. The van der Waals surface area contributed by atoms with Gasteiger partial charge >= 0.3 is 0 Å². The predicted molar refractivity (Wildman–Crippen MR) is 134 cm³/mol. The van der Waals surface area contributed by atoms with Crippen molar-refractivity contribution in [2.24, 2.45) is 0 Å². The highest BCUT2D eigenvalue weighted by Gasteiger charge is 2.19. The molecular formula is C26H35N5O3. The summed E-state index contributed by atoms with van der Waals surface area (Å²) in [5.74, 6) is 2.37. The van der Waals surface area contributed by atoms with Crippen LogP contribution in [-0.2, 0) is 4.79 Å². The van der Waals surface area contributed by atoms with Gasteiger partial charge in [-0.3, -0.25) is 4.79 Å². The molecule has 0 bridgehead atoms. The lowest BCUT2D eigenvalue weighted by Gasteiger charge is -2.16. The van der Waals surface area contributed by atoms with E-state index >= 15 is 0 Å². The third kappa shape index (κ3) is 6.55. The van der Waals surface area contributed by atoms with Crippen LogP contribution in [0.1, 0.15) is 44.2 Å². The van der Waals surface area contributed by atoms with Crippen LogP contribution in [0.4, 0.5) is 5.82 Å². The van der Waals surface area contributed by atoms with Gasteiger partial charge in [0.1, 0.15) is 24.3 Å². The number of amides is 1. The van der Waals surface area contributed by atoms with Gasteiger partial charge in [-0.15, -0.1) is 0 Å². The van der Waals surface area contributed by atoms with Crippen LogP contribution in [0.25, 0.3) is 17.0 Å². The number of aromatic nitrogens is 2. The number of benzene rings is 1.